The van der Waals surface area contributed by atoms with Gasteiger partial charge in [0.05, 0.1) is 34.4 Å². The summed E-state index contributed by atoms with van der Waals surface area (Å²) in [6, 6.07) is 15.1. The van der Waals surface area contributed by atoms with Crippen LogP contribution in [0.2, 0.25) is 0 Å². The van der Waals surface area contributed by atoms with E-state index in [1.165, 1.54) is 17.7 Å². The zero-order valence-electron chi connectivity index (χ0n) is 35.7. The lowest BCUT2D eigenvalue weighted by Gasteiger charge is -2.48. The van der Waals surface area contributed by atoms with Crippen molar-refractivity contribution in [2.24, 2.45) is 5.92 Å². The Morgan fingerprint density at radius 3 is 2.39 bits per heavy atom. The van der Waals surface area contributed by atoms with E-state index in [9.17, 15) is 14.2 Å². The number of pyridine rings is 1. The minimum absolute atomic E-state index is 0.0674. The van der Waals surface area contributed by atoms with E-state index in [0.29, 0.717) is 56.9 Å². The zero-order valence-corrected chi connectivity index (χ0v) is 38.1. The van der Waals surface area contributed by atoms with Crippen molar-refractivity contribution in [1.82, 2.24) is 25.2 Å². The van der Waals surface area contributed by atoms with Crippen LogP contribution in [-0.4, -0.2) is 84.3 Å². The molecule has 3 aromatic carbocycles. The molecular formula is C46H52BrF2N8O4P. The molecule has 0 bridgehead atoms. The number of aryl methyl sites for hydroxylation is 3. The van der Waals surface area contributed by atoms with Gasteiger partial charge in [0, 0.05) is 78.5 Å². The molecule has 62 heavy (non-hydrogen) atoms. The summed E-state index contributed by atoms with van der Waals surface area (Å²) in [4.78, 5) is 42.8. The number of amides is 2. The summed E-state index contributed by atoms with van der Waals surface area (Å²) in [6.45, 7) is 11.4. The zero-order chi connectivity index (χ0) is 43.9. The summed E-state index contributed by atoms with van der Waals surface area (Å²) in [5.41, 5.74) is 5.79. The molecule has 5 heterocycles. The van der Waals surface area contributed by atoms with Gasteiger partial charge in [-0.2, -0.15) is 4.98 Å². The molecule has 1 atom stereocenters. The number of nitrogens with one attached hydrogen (secondary N) is 3. The highest BCUT2D eigenvalue weighted by Crippen LogP contribution is 2.43. The maximum Gasteiger partial charge on any atom is 0.234 e. The van der Waals surface area contributed by atoms with Gasteiger partial charge in [-0.25, -0.2) is 13.8 Å². The van der Waals surface area contributed by atoms with Crippen molar-refractivity contribution in [2.45, 2.75) is 70.8 Å². The molecule has 1 unspecified atom stereocenters. The smallest absolute Gasteiger partial charge is 0.234 e. The van der Waals surface area contributed by atoms with Gasteiger partial charge in [-0.05, 0) is 128 Å². The number of hydrogen-bond acceptors (Lipinski definition) is 11. The number of anilines is 5. The molecule has 3 N–H and O–H groups in total. The van der Waals surface area contributed by atoms with Gasteiger partial charge in [0.1, 0.15) is 30.3 Å². The Hall–Kier alpha value is -4.98. The van der Waals surface area contributed by atoms with Crippen molar-refractivity contribution in [3.63, 3.8) is 0 Å². The Balaban J connectivity index is 0.880. The van der Waals surface area contributed by atoms with E-state index in [4.69, 9.17) is 9.72 Å². The molecule has 0 radical (unpaired) electrons. The number of rotatable bonds is 13. The molecule has 326 valence electrons. The summed E-state index contributed by atoms with van der Waals surface area (Å²) in [7, 11) is -1.08. The van der Waals surface area contributed by atoms with Gasteiger partial charge in [-0.3, -0.25) is 24.8 Å². The first-order chi connectivity index (χ1) is 29.7. The van der Waals surface area contributed by atoms with Crippen LogP contribution in [0.3, 0.4) is 0 Å². The normalized spacial score (nSPS) is 17.9. The standard InChI is InChI=1S/C46H52BrF2N8O4P/c1-6-29-21-38(53-46-50-23-33(47)44(55-46)52-37-13-12-36-31(10-7-26(2)51-36)43(37)62(4,5)60)40(61-3)22-39(29)56-17-15-30(16-18-56)57-24-28(25-57)9-8-27-19-34(48)42(35(49)20-27)32-11-14-41(58)54-45(32)59/h7,10,12-13,19-23,28,30,32H,6,8-9,11,14-18,24-25H2,1-5H3,(H,54,58,59)(H2,50,52,53,55). The van der Waals surface area contributed by atoms with Gasteiger partial charge in [0.15, 0.2) is 0 Å². The lowest BCUT2D eigenvalue weighted by atomic mass is 9.87. The number of methoxy groups -OCH3 is 1. The predicted octanol–water partition coefficient (Wildman–Crippen LogP) is 8.73. The summed E-state index contributed by atoms with van der Waals surface area (Å²) < 4.78 is 50.3. The highest BCUT2D eigenvalue weighted by molar-refractivity contribution is 9.10. The van der Waals surface area contributed by atoms with Crippen molar-refractivity contribution in [3.8, 4) is 5.75 Å². The first kappa shape index (κ1) is 43.7. The Kier molecular flexibility index (Phi) is 12.7. The average molecular weight is 930 g/mol. The number of hydrogen-bond donors (Lipinski definition) is 3. The SMILES string of the molecule is CCc1cc(Nc2ncc(Br)c(Nc3ccc4nc(C)ccc4c3P(C)(C)=O)n2)c(OC)cc1N1CCC(N2CC(CCc3cc(F)c(C4CCC(=O)NC4=O)c(F)c3)C2)CC1. The molecule has 2 amide bonds. The quantitative estimate of drug-likeness (QED) is 0.0771. The lowest BCUT2D eigenvalue weighted by Crippen LogP contribution is -2.55. The number of halogens is 3. The topological polar surface area (TPSA) is 142 Å². The Bertz CT molecular complexity index is 2570. The maximum absolute atomic E-state index is 15.1. The Morgan fingerprint density at radius 1 is 0.968 bits per heavy atom. The van der Waals surface area contributed by atoms with Crippen molar-refractivity contribution in [3.05, 3.63) is 93.2 Å². The van der Waals surface area contributed by atoms with Gasteiger partial charge >= 0.3 is 0 Å². The number of likely N-dealkylation sites (tertiary alicyclic amines) is 1. The number of nitrogens with zero attached hydrogens (tertiary/aromatic N) is 5. The third-order valence-corrected chi connectivity index (χ3v) is 14.6. The number of aromatic nitrogens is 3. The van der Waals surface area contributed by atoms with Gasteiger partial charge in [-0.15, -0.1) is 0 Å². The van der Waals surface area contributed by atoms with Crippen LogP contribution in [-0.2, 0) is 27.0 Å². The molecule has 12 nitrogen and oxygen atoms in total. The largest absolute Gasteiger partial charge is 0.494 e. The molecule has 8 rings (SSSR count). The van der Waals surface area contributed by atoms with Crippen LogP contribution in [0.5, 0.6) is 5.75 Å². The number of carbonyl (C=O) groups excluding carboxylic acids is 2. The summed E-state index contributed by atoms with van der Waals surface area (Å²) in [5, 5.41) is 10.5. The fourth-order valence-electron chi connectivity index (χ4n) is 9.21. The molecule has 3 saturated heterocycles. The Morgan fingerprint density at radius 2 is 1.71 bits per heavy atom. The molecule has 0 saturated carbocycles. The minimum atomic E-state index is -2.74. The second kappa shape index (κ2) is 18.0. The number of carbonyl (C=O) groups is 2. The molecule has 5 aromatic rings. The highest BCUT2D eigenvalue weighted by Gasteiger charge is 2.36. The van der Waals surface area contributed by atoms with Gasteiger partial charge < -0.3 is 24.8 Å². The first-order valence-corrected chi connectivity index (χ1v) is 24.6. The average Bonchev–Trinajstić information content (AvgIpc) is 3.21. The second-order valence-electron chi connectivity index (χ2n) is 17.1. The van der Waals surface area contributed by atoms with E-state index >= 15 is 8.78 Å². The van der Waals surface area contributed by atoms with Crippen LogP contribution in [0.15, 0.2) is 59.2 Å². The second-order valence-corrected chi connectivity index (χ2v) is 21.1. The maximum atomic E-state index is 15.1. The monoisotopic (exact) mass is 928 g/mol. The minimum Gasteiger partial charge on any atom is -0.494 e. The Labute approximate surface area is 369 Å². The van der Waals surface area contributed by atoms with E-state index < -0.39 is 36.5 Å². The molecule has 0 aliphatic carbocycles. The summed E-state index contributed by atoms with van der Waals surface area (Å²) in [5.74, 6) is -1.48. The van der Waals surface area contributed by atoms with E-state index in [1.807, 2.05) is 31.2 Å². The van der Waals surface area contributed by atoms with Crippen molar-refractivity contribution >= 4 is 79.9 Å². The van der Waals surface area contributed by atoms with Gasteiger partial charge in [0.25, 0.3) is 0 Å². The fourth-order valence-corrected chi connectivity index (χ4v) is 11.0. The fraction of sp³-hybridized carbons (Fsp3) is 0.413. The van der Waals surface area contributed by atoms with E-state index in [0.717, 1.165) is 79.8 Å². The number of benzene rings is 3. The third-order valence-electron chi connectivity index (χ3n) is 12.4. The van der Waals surface area contributed by atoms with Crippen molar-refractivity contribution < 1.29 is 27.7 Å². The molecule has 3 aliphatic heterocycles. The van der Waals surface area contributed by atoms with E-state index in [1.54, 1.807) is 26.6 Å². The van der Waals surface area contributed by atoms with Crippen molar-refractivity contribution in [2.75, 3.05) is 62.2 Å². The number of ether oxygens (including phenoxy) is 1. The first-order valence-electron chi connectivity index (χ1n) is 21.2. The number of fused-ring (bicyclic) bond motifs is 1. The number of piperidine rings is 2. The van der Waals surface area contributed by atoms with Crippen LogP contribution in [0.4, 0.5) is 37.6 Å². The molecule has 16 heteroatoms. The molecule has 2 aromatic heterocycles. The van der Waals surface area contributed by atoms with Crippen LogP contribution >= 0.6 is 23.1 Å². The van der Waals surface area contributed by atoms with Crippen LogP contribution in [0, 0.1) is 24.5 Å². The van der Waals surface area contributed by atoms with Gasteiger partial charge in [0.2, 0.25) is 17.8 Å². The number of imide groups is 1. The molecule has 0 spiro atoms. The van der Waals surface area contributed by atoms with E-state index in [-0.39, 0.29) is 18.4 Å². The molecule has 3 aliphatic rings. The van der Waals surface area contributed by atoms with Gasteiger partial charge in [-0.1, -0.05) is 13.0 Å². The third kappa shape index (κ3) is 9.21. The molecule has 3 fully saturated rings. The van der Waals surface area contributed by atoms with Crippen LogP contribution in [0.1, 0.15) is 67.3 Å². The summed E-state index contributed by atoms with van der Waals surface area (Å²) in [6.07, 6.45) is 6.12. The summed E-state index contributed by atoms with van der Waals surface area (Å²) >= 11 is 3.60. The van der Waals surface area contributed by atoms with Crippen molar-refractivity contribution in [1.29, 1.82) is 0 Å². The van der Waals surface area contributed by atoms with Crippen LogP contribution in [0.25, 0.3) is 10.9 Å². The lowest BCUT2D eigenvalue weighted by molar-refractivity contribution is -0.134. The molecular weight excluding hydrogens is 877 g/mol. The predicted molar refractivity (Wildman–Crippen MR) is 244 cm³/mol. The van der Waals surface area contributed by atoms with E-state index in [2.05, 4.69) is 70.7 Å². The van der Waals surface area contributed by atoms with Crippen LogP contribution < -0.4 is 30.9 Å². The highest BCUT2D eigenvalue weighted by atomic mass is 79.9.